The molecule has 0 aliphatic carbocycles. The van der Waals surface area contributed by atoms with Crippen LogP contribution in [-0.4, -0.2) is 53.4 Å². The van der Waals surface area contributed by atoms with Crippen LogP contribution in [0.3, 0.4) is 0 Å². The molecule has 0 spiro atoms. The van der Waals surface area contributed by atoms with E-state index in [0.29, 0.717) is 6.42 Å². The Bertz CT molecular complexity index is 146. The van der Waals surface area contributed by atoms with E-state index >= 15 is 0 Å². The minimum atomic E-state index is -0.530. The van der Waals surface area contributed by atoms with Gasteiger partial charge in [-0.05, 0) is 6.42 Å². The summed E-state index contributed by atoms with van der Waals surface area (Å²) in [6.45, 7) is 2.06. The highest BCUT2D eigenvalue weighted by Gasteiger charge is 2.18. The molecule has 0 aliphatic rings. The molecule has 0 radical (unpaired) electrons. The lowest BCUT2D eigenvalue weighted by Crippen LogP contribution is -2.45. The molecule has 0 saturated heterocycles. The van der Waals surface area contributed by atoms with Crippen LogP contribution in [0.1, 0.15) is 13.3 Å². The van der Waals surface area contributed by atoms with Crippen molar-refractivity contribution in [3.05, 3.63) is 0 Å². The SMILES string of the molecule is CCC(N)C(=O)N(CCO)CCO. The average Bonchev–Trinajstić information content (AvgIpc) is 2.15. The first kappa shape index (κ1) is 12.3. The molecule has 0 rings (SSSR count). The Kier molecular flexibility index (Phi) is 6.48. The summed E-state index contributed by atoms with van der Waals surface area (Å²) in [5.41, 5.74) is 5.52. The lowest BCUT2D eigenvalue weighted by molar-refractivity contribution is -0.133. The number of rotatable bonds is 6. The summed E-state index contributed by atoms with van der Waals surface area (Å²) >= 11 is 0. The molecule has 13 heavy (non-hydrogen) atoms. The maximum Gasteiger partial charge on any atom is 0.239 e. The quantitative estimate of drug-likeness (QED) is 0.477. The highest BCUT2D eigenvalue weighted by molar-refractivity contribution is 5.81. The first-order chi connectivity index (χ1) is 6.17. The van der Waals surface area contributed by atoms with E-state index in [2.05, 4.69) is 0 Å². The van der Waals surface area contributed by atoms with Gasteiger partial charge < -0.3 is 20.8 Å². The van der Waals surface area contributed by atoms with Gasteiger partial charge >= 0.3 is 0 Å². The molecule has 0 aromatic rings. The van der Waals surface area contributed by atoms with E-state index in [1.807, 2.05) is 6.92 Å². The monoisotopic (exact) mass is 190 g/mol. The number of aliphatic hydroxyl groups is 2. The molecule has 0 bridgehead atoms. The Morgan fingerprint density at radius 1 is 1.38 bits per heavy atom. The van der Waals surface area contributed by atoms with Crippen LogP contribution in [0, 0.1) is 0 Å². The summed E-state index contributed by atoms with van der Waals surface area (Å²) in [5, 5.41) is 17.3. The van der Waals surface area contributed by atoms with Gasteiger partial charge in [-0.25, -0.2) is 0 Å². The average molecular weight is 190 g/mol. The van der Waals surface area contributed by atoms with Crippen LogP contribution in [0.25, 0.3) is 0 Å². The lowest BCUT2D eigenvalue weighted by Gasteiger charge is -2.23. The third kappa shape index (κ3) is 4.21. The van der Waals surface area contributed by atoms with Crippen molar-refractivity contribution in [1.29, 1.82) is 0 Å². The van der Waals surface area contributed by atoms with Crippen LogP contribution >= 0.6 is 0 Å². The predicted molar refractivity (Wildman–Crippen MR) is 49.0 cm³/mol. The molecule has 0 heterocycles. The van der Waals surface area contributed by atoms with Crippen molar-refractivity contribution in [2.75, 3.05) is 26.3 Å². The van der Waals surface area contributed by atoms with Gasteiger partial charge in [-0.3, -0.25) is 4.79 Å². The van der Waals surface area contributed by atoms with Gasteiger partial charge in [0.2, 0.25) is 5.91 Å². The van der Waals surface area contributed by atoms with Crippen LogP contribution in [0.4, 0.5) is 0 Å². The van der Waals surface area contributed by atoms with Crippen molar-refractivity contribution in [2.45, 2.75) is 19.4 Å². The van der Waals surface area contributed by atoms with Crippen molar-refractivity contribution >= 4 is 5.91 Å². The van der Waals surface area contributed by atoms with E-state index < -0.39 is 6.04 Å². The number of aliphatic hydroxyl groups excluding tert-OH is 2. The zero-order valence-electron chi connectivity index (χ0n) is 7.94. The Morgan fingerprint density at radius 3 is 2.15 bits per heavy atom. The lowest BCUT2D eigenvalue weighted by atomic mass is 10.2. The van der Waals surface area contributed by atoms with E-state index in [0.717, 1.165) is 0 Å². The van der Waals surface area contributed by atoms with Crippen molar-refractivity contribution in [3.8, 4) is 0 Å². The van der Waals surface area contributed by atoms with E-state index in [-0.39, 0.29) is 32.2 Å². The fourth-order valence-electron chi connectivity index (χ4n) is 0.983. The second-order valence-electron chi connectivity index (χ2n) is 2.79. The molecule has 0 saturated carbocycles. The summed E-state index contributed by atoms with van der Waals surface area (Å²) in [6.07, 6.45) is 0.562. The van der Waals surface area contributed by atoms with Crippen molar-refractivity contribution < 1.29 is 15.0 Å². The minimum absolute atomic E-state index is 0.109. The molecule has 5 nitrogen and oxygen atoms in total. The van der Waals surface area contributed by atoms with Gasteiger partial charge in [-0.15, -0.1) is 0 Å². The molecule has 4 N–H and O–H groups in total. The molecular weight excluding hydrogens is 172 g/mol. The van der Waals surface area contributed by atoms with E-state index in [1.54, 1.807) is 0 Å². The van der Waals surface area contributed by atoms with E-state index in [1.165, 1.54) is 4.90 Å². The number of hydrogen-bond donors (Lipinski definition) is 3. The van der Waals surface area contributed by atoms with Gasteiger partial charge in [-0.2, -0.15) is 0 Å². The van der Waals surface area contributed by atoms with Gasteiger partial charge in [0.25, 0.3) is 0 Å². The zero-order chi connectivity index (χ0) is 10.3. The summed E-state index contributed by atoms with van der Waals surface area (Å²) in [7, 11) is 0. The predicted octanol–water partition coefficient (Wildman–Crippen LogP) is -1.46. The Hall–Kier alpha value is -0.650. The number of carbonyl (C=O) groups is 1. The largest absolute Gasteiger partial charge is 0.395 e. The smallest absolute Gasteiger partial charge is 0.239 e. The summed E-state index contributed by atoms with van der Waals surface area (Å²) in [5.74, 6) is -0.217. The number of carbonyl (C=O) groups excluding carboxylic acids is 1. The van der Waals surface area contributed by atoms with E-state index in [4.69, 9.17) is 15.9 Å². The molecule has 1 atom stereocenters. The minimum Gasteiger partial charge on any atom is -0.395 e. The van der Waals surface area contributed by atoms with Gasteiger partial charge in [-0.1, -0.05) is 6.92 Å². The van der Waals surface area contributed by atoms with E-state index in [9.17, 15) is 4.79 Å². The standard InChI is InChI=1S/C8H18N2O3/c1-2-7(9)8(13)10(3-5-11)4-6-12/h7,11-12H,2-6,9H2,1H3. The maximum absolute atomic E-state index is 11.4. The first-order valence-corrected chi connectivity index (χ1v) is 4.43. The Morgan fingerprint density at radius 2 is 1.85 bits per heavy atom. The van der Waals surface area contributed by atoms with Crippen LogP contribution < -0.4 is 5.73 Å². The molecule has 1 amide bonds. The highest BCUT2D eigenvalue weighted by Crippen LogP contribution is 1.96. The summed E-state index contributed by atoms with van der Waals surface area (Å²) < 4.78 is 0. The third-order valence-corrected chi connectivity index (χ3v) is 1.81. The Labute approximate surface area is 78.1 Å². The number of nitrogens with zero attached hydrogens (tertiary/aromatic N) is 1. The van der Waals surface area contributed by atoms with Gasteiger partial charge in [0.15, 0.2) is 0 Å². The topological polar surface area (TPSA) is 86.8 Å². The second-order valence-corrected chi connectivity index (χ2v) is 2.79. The van der Waals surface area contributed by atoms with Crippen molar-refractivity contribution in [3.63, 3.8) is 0 Å². The fraction of sp³-hybridized carbons (Fsp3) is 0.875. The normalized spacial score (nSPS) is 12.6. The van der Waals surface area contributed by atoms with Crippen LogP contribution in [0.2, 0.25) is 0 Å². The van der Waals surface area contributed by atoms with Gasteiger partial charge in [0.05, 0.1) is 19.3 Å². The molecule has 1 unspecified atom stereocenters. The molecule has 0 aliphatic heterocycles. The summed E-state index contributed by atoms with van der Waals surface area (Å²) in [6, 6.07) is -0.530. The molecule has 5 heteroatoms. The van der Waals surface area contributed by atoms with Gasteiger partial charge in [0, 0.05) is 13.1 Å². The second kappa shape index (κ2) is 6.82. The maximum atomic E-state index is 11.4. The number of amides is 1. The zero-order valence-corrected chi connectivity index (χ0v) is 7.94. The molecule has 78 valence electrons. The van der Waals surface area contributed by atoms with Crippen LogP contribution in [0.5, 0.6) is 0 Å². The molecule has 0 aromatic heterocycles. The van der Waals surface area contributed by atoms with Crippen LogP contribution in [0.15, 0.2) is 0 Å². The number of hydrogen-bond acceptors (Lipinski definition) is 4. The van der Waals surface area contributed by atoms with Gasteiger partial charge in [0.1, 0.15) is 0 Å². The number of nitrogens with two attached hydrogens (primary N) is 1. The van der Waals surface area contributed by atoms with Crippen molar-refractivity contribution in [1.82, 2.24) is 4.90 Å². The first-order valence-electron chi connectivity index (χ1n) is 4.43. The third-order valence-electron chi connectivity index (χ3n) is 1.81. The van der Waals surface area contributed by atoms with Crippen molar-refractivity contribution in [2.24, 2.45) is 5.73 Å². The Balaban J connectivity index is 4.09. The highest BCUT2D eigenvalue weighted by atomic mass is 16.3. The molecule has 0 aromatic carbocycles. The summed E-state index contributed by atoms with van der Waals surface area (Å²) in [4.78, 5) is 12.8. The fourth-order valence-corrected chi connectivity index (χ4v) is 0.983. The molecular formula is C8H18N2O3. The molecule has 0 fully saturated rings. The van der Waals surface area contributed by atoms with Crippen LogP contribution in [-0.2, 0) is 4.79 Å².